The van der Waals surface area contributed by atoms with E-state index in [0.29, 0.717) is 19.8 Å². The van der Waals surface area contributed by atoms with Crippen molar-refractivity contribution in [3.63, 3.8) is 0 Å². The molecule has 0 saturated carbocycles. The average Bonchev–Trinajstić information content (AvgIpc) is 2.23. The van der Waals surface area contributed by atoms with E-state index in [1.165, 1.54) is 0 Å². The summed E-state index contributed by atoms with van der Waals surface area (Å²) in [7, 11) is 0. The maximum Gasteiger partial charge on any atom is 0.164 e. The van der Waals surface area contributed by atoms with Crippen LogP contribution in [0.1, 0.15) is 11.1 Å². The van der Waals surface area contributed by atoms with Crippen LogP contribution in [0, 0.1) is 6.92 Å². The summed E-state index contributed by atoms with van der Waals surface area (Å²) in [6.45, 7) is 3.94. The van der Waals surface area contributed by atoms with Crippen LogP contribution in [-0.4, -0.2) is 19.8 Å². The molecule has 1 aliphatic rings. The second-order valence-corrected chi connectivity index (χ2v) is 3.44. The first kappa shape index (κ1) is 9.34. The third-order valence-electron chi connectivity index (χ3n) is 2.38. The van der Waals surface area contributed by atoms with Gasteiger partial charge < -0.3 is 15.2 Å². The highest BCUT2D eigenvalue weighted by Gasteiger charge is 2.17. The number of nitrogens with two attached hydrogens (primary N) is 1. The van der Waals surface area contributed by atoms with E-state index < -0.39 is 0 Å². The van der Waals surface area contributed by atoms with Crippen molar-refractivity contribution in [2.24, 2.45) is 5.73 Å². The Morgan fingerprint density at radius 2 is 1.93 bits per heavy atom. The molecule has 0 spiro atoms. The number of rotatable bonds is 2. The van der Waals surface area contributed by atoms with Crippen molar-refractivity contribution in [3.8, 4) is 11.5 Å². The van der Waals surface area contributed by atoms with Crippen LogP contribution in [0.15, 0.2) is 12.1 Å². The minimum absolute atomic E-state index is 0.633. The molecular formula is C11H15NO2. The lowest BCUT2D eigenvalue weighted by atomic mass is 10.1. The first-order chi connectivity index (χ1) is 6.83. The van der Waals surface area contributed by atoms with Gasteiger partial charge in [0.05, 0.1) is 0 Å². The van der Waals surface area contributed by atoms with Gasteiger partial charge in [0, 0.05) is 0 Å². The van der Waals surface area contributed by atoms with E-state index >= 15 is 0 Å². The number of benzene rings is 1. The van der Waals surface area contributed by atoms with E-state index in [-0.39, 0.29) is 0 Å². The van der Waals surface area contributed by atoms with Crippen molar-refractivity contribution in [1.29, 1.82) is 0 Å². The molecule has 1 heterocycles. The monoisotopic (exact) mass is 193 g/mol. The normalized spacial score (nSPS) is 14.1. The van der Waals surface area contributed by atoms with E-state index in [0.717, 1.165) is 29.0 Å². The predicted molar refractivity (Wildman–Crippen MR) is 54.9 cm³/mol. The van der Waals surface area contributed by atoms with Crippen LogP contribution >= 0.6 is 0 Å². The molecule has 0 aliphatic carbocycles. The third-order valence-corrected chi connectivity index (χ3v) is 2.38. The molecule has 0 fully saturated rings. The Kier molecular flexibility index (Phi) is 2.59. The number of fused-ring (bicyclic) bond motifs is 1. The van der Waals surface area contributed by atoms with Gasteiger partial charge in [0.1, 0.15) is 13.2 Å². The molecule has 0 unspecified atom stereocenters. The second-order valence-electron chi connectivity index (χ2n) is 3.44. The predicted octanol–water partition coefficient (Wildman–Crippen LogP) is 1.27. The number of hydrogen-bond donors (Lipinski definition) is 1. The van der Waals surface area contributed by atoms with Crippen LogP contribution < -0.4 is 15.2 Å². The second kappa shape index (κ2) is 3.88. The highest BCUT2D eigenvalue weighted by Crippen LogP contribution is 2.36. The molecule has 3 nitrogen and oxygen atoms in total. The van der Waals surface area contributed by atoms with Crippen LogP contribution in [0.5, 0.6) is 11.5 Å². The van der Waals surface area contributed by atoms with Crippen molar-refractivity contribution in [2.75, 3.05) is 19.8 Å². The maximum absolute atomic E-state index is 5.61. The Balaban J connectivity index is 2.42. The fraction of sp³-hybridized carbons (Fsp3) is 0.455. The summed E-state index contributed by atoms with van der Waals surface area (Å²) in [5, 5.41) is 0. The summed E-state index contributed by atoms with van der Waals surface area (Å²) >= 11 is 0. The lowest BCUT2D eigenvalue weighted by Crippen LogP contribution is -2.18. The number of ether oxygens (including phenoxy) is 2. The molecule has 3 heteroatoms. The summed E-state index contributed by atoms with van der Waals surface area (Å²) in [4.78, 5) is 0. The first-order valence-electron chi connectivity index (χ1n) is 4.91. The van der Waals surface area contributed by atoms with E-state index in [4.69, 9.17) is 15.2 Å². The molecule has 1 aromatic carbocycles. The first-order valence-corrected chi connectivity index (χ1v) is 4.91. The highest BCUT2D eigenvalue weighted by molar-refractivity contribution is 5.52. The summed E-state index contributed by atoms with van der Waals surface area (Å²) < 4.78 is 11.2. The van der Waals surface area contributed by atoms with Crippen molar-refractivity contribution in [3.05, 3.63) is 23.3 Å². The molecule has 0 bridgehead atoms. The lowest BCUT2D eigenvalue weighted by Gasteiger charge is -2.22. The Bertz CT molecular complexity index is 336. The van der Waals surface area contributed by atoms with Gasteiger partial charge in [0.25, 0.3) is 0 Å². The van der Waals surface area contributed by atoms with Gasteiger partial charge in [-0.2, -0.15) is 0 Å². The minimum atomic E-state index is 0.633. The molecule has 1 aromatic rings. The van der Waals surface area contributed by atoms with Gasteiger partial charge in [-0.3, -0.25) is 0 Å². The smallest absolute Gasteiger partial charge is 0.164 e. The van der Waals surface area contributed by atoms with Gasteiger partial charge in [0.15, 0.2) is 11.5 Å². The van der Waals surface area contributed by atoms with Gasteiger partial charge >= 0.3 is 0 Å². The van der Waals surface area contributed by atoms with Crippen LogP contribution in [0.3, 0.4) is 0 Å². The van der Waals surface area contributed by atoms with Crippen LogP contribution in [0.4, 0.5) is 0 Å². The van der Waals surface area contributed by atoms with Gasteiger partial charge in [0.2, 0.25) is 0 Å². The summed E-state index contributed by atoms with van der Waals surface area (Å²) in [5.74, 6) is 1.78. The zero-order chi connectivity index (χ0) is 9.97. The average molecular weight is 193 g/mol. The molecule has 2 rings (SSSR count). The van der Waals surface area contributed by atoms with E-state index in [2.05, 4.69) is 12.1 Å². The van der Waals surface area contributed by atoms with E-state index in [1.807, 2.05) is 6.92 Å². The molecule has 0 atom stereocenters. The fourth-order valence-electron chi connectivity index (χ4n) is 1.68. The van der Waals surface area contributed by atoms with Crippen LogP contribution in [-0.2, 0) is 6.42 Å². The topological polar surface area (TPSA) is 44.5 Å². The van der Waals surface area contributed by atoms with Crippen molar-refractivity contribution in [2.45, 2.75) is 13.3 Å². The Morgan fingerprint density at radius 1 is 1.21 bits per heavy atom. The zero-order valence-electron chi connectivity index (χ0n) is 8.38. The molecule has 0 radical (unpaired) electrons. The van der Waals surface area contributed by atoms with Crippen LogP contribution in [0.25, 0.3) is 0 Å². The lowest BCUT2D eigenvalue weighted by molar-refractivity contribution is 0.169. The summed E-state index contributed by atoms with van der Waals surface area (Å²) in [5.41, 5.74) is 7.81. The molecule has 1 aliphatic heterocycles. The van der Waals surface area contributed by atoms with Crippen molar-refractivity contribution in [1.82, 2.24) is 0 Å². The van der Waals surface area contributed by atoms with Crippen molar-refractivity contribution >= 4 is 0 Å². The Morgan fingerprint density at radius 3 is 2.64 bits per heavy atom. The number of hydrogen-bond acceptors (Lipinski definition) is 3. The molecule has 2 N–H and O–H groups in total. The van der Waals surface area contributed by atoms with Gasteiger partial charge in [-0.05, 0) is 31.0 Å². The summed E-state index contributed by atoms with van der Waals surface area (Å²) in [6, 6.07) is 4.12. The Labute approximate surface area is 83.8 Å². The third kappa shape index (κ3) is 1.55. The largest absolute Gasteiger partial charge is 0.486 e. The zero-order valence-corrected chi connectivity index (χ0v) is 8.38. The van der Waals surface area contributed by atoms with E-state index in [1.54, 1.807) is 0 Å². The molecule has 0 saturated heterocycles. The quantitative estimate of drug-likeness (QED) is 0.769. The fourth-order valence-corrected chi connectivity index (χ4v) is 1.68. The summed E-state index contributed by atoms with van der Waals surface area (Å²) in [6.07, 6.45) is 0.839. The molecular weight excluding hydrogens is 178 g/mol. The number of aryl methyl sites for hydroxylation is 1. The molecule has 0 aromatic heterocycles. The van der Waals surface area contributed by atoms with Gasteiger partial charge in [-0.1, -0.05) is 12.1 Å². The molecule has 0 amide bonds. The van der Waals surface area contributed by atoms with Gasteiger partial charge in [-0.15, -0.1) is 0 Å². The Hall–Kier alpha value is -1.22. The maximum atomic E-state index is 5.61. The minimum Gasteiger partial charge on any atom is -0.486 e. The standard InChI is InChI=1S/C11H15NO2/c1-8-2-3-9(4-5-12)11-10(8)13-6-7-14-11/h2-3H,4-7,12H2,1H3. The van der Waals surface area contributed by atoms with Gasteiger partial charge in [-0.25, -0.2) is 0 Å². The molecule has 76 valence electrons. The highest BCUT2D eigenvalue weighted by atomic mass is 16.6. The van der Waals surface area contributed by atoms with Crippen molar-refractivity contribution < 1.29 is 9.47 Å². The van der Waals surface area contributed by atoms with E-state index in [9.17, 15) is 0 Å². The SMILES string of the molecule is Cc1ccc(CCN)c2c1OCCO2. The molecule has 14 heavy (non-hydrogen) atoms. The van der Waals surface area contributed by atoms with Crippen LogP contribution in [0.2, 0.25) is 0 Å².